The largest absolute Gasteiger partial charge is 0.394 e. The summed E-state index contributed by atoms with van der Waals surface area (Å²) >= 11 is 0. The van der Waals surface area contributed by atoms with Crippen molar-refractivity contribution in [3.8, 4) is 0 Å². The van der Waals surface area contributed by atoms with Gasteiger partial charge >= 0.3 is 0 Å². The summed E-state index contributed by atoms with van der Waals surface area (Å²) < 4.78 is 56.6. The quantitative estimate of drug-likeness (QED) is 0.0378. The molecule has 5 fully saturated rings. The lowest BCUT2D eigenvalue weighted by Crippen LogP contribution is -2.68. The van der Waals surface area contributed by atoms with E-state index in [4.69, 9.17) is 47.4 Å². The van der Waals surface area contributed by atoms with Crippen LogP contribution in [-0.4, -0.2) is 275 Å². The fourth-order valence-electron chi connectivity index (χ4n) is 9.01. The number of hydrogen-bond donors (Lipinski definition) is 16. The third-order valence-electron chi connectivity index (χ3n) is 13.1. The first-order valence-electron chi connectivity index (χ1n) is 23.6. The maximum absolute atomic E-state index is 11.4. The summed E-state index contributed by atoms with van der Waals surface area (Å²) in [5.41, 5.74) is 0. The SMILES string of the molecule is CCCCCCCCCCCCO[C@H]1[C@@H](O[C@H]2[C@H](O)[C@@H](O)[C@@H](O[C@H]3[C@H](O)[C@@H](O)[C@@H](O[C@H]4[C@H](O)[C@@H](O)[C@@H](O[C@H]5[C@H](O)[C@@H](O)[C@@H](O)O[C@@H]5CO)O[C@@H]4CO)O[C@@H]3CO)O[C@@H]2CO)O[C@H](CO)[C@@H](O)[C@@H]1O. The maximum Gasteiger partial charge on any atom is 0.187 e. The third-order valence-corrected chi connectivity index (χ3v) is 13.1. The number of hydrogen-bond acceptors (Lipinski definition) is 26. The number of unbranched alkanes of at least 4 members (excludes halogenated alkanes) is 9. The summed E-state index contributed by atoms with van der Waals surface area (Å²) in [6, 6.07) is 0. The van der Waals surface area contributed by atoms with Crippen LogP contribution in [0, 0.1) is 0 Å². The van der Waals surface area contributed by atoms with Gasteiger partial charge in [0.2, 0.25) is 0 Å². The average molecular weight is 997 g/mol. The zero-order valence-electron chi connectivity index (χ0n) is 38.0. The van der Waals surface area contributed by atoms with E-state index in [0.29, 0.717) is 6.42 Å². The highest BCUT2D eigenvalue weighted by Crippen LogP contribution is 2.36. The van der Waals surface area contributed by atoms with E-state index < -0.39 is 187 Å². The molecule has 5 aliphatic heterocycles. The maximum atomic E-state index is 11.4. The van der Waals surface area contributed by atoms with Crippen LogP contribution < -0.4 is 0 Å². The first kappa shape index (κ1) is 57.9. The molecule has 0 amide bonds. The van der Waals surface area contributed by atoms with Crippen LogP contribution in [0.4, 0.5) is 0 Å². The Morgan fingerprint density at radius 1 is 0.309 bits per heavy atom. The van der Waals surface area contributed by atoms with Crippen molar-refractivity contribution in [2.45, 2.75) is 225 Å². The second kappa shape index (κ2) is 27.9. The van der Waals surface area contributed by atoms with Crippen molar-refractivity contribution in [3.05, 3.63) is 0 Å². The van der Waals surface area contributed by atoms with Gasteiger partial charge in [-0.2, -0.15) is 0 Å². The van der Waals surface area contributed by atoms with Gasteiger partial charge in [-0.05, 0) is 6.42 Å². The summed E-state index contributed by atoms with van der Waals surface area (Å²) in [6.45, 7) is -2.06. The van der Waals surface area contributed by atoms with Crippen LogP contribution in [0.3, 0.4) is 0 Å². The fraction of sp³-hybridized carbons (Fsp3) is 1.00. The van der Waals surface area contributed by atoms with Crippen LogP contribution in [0.25, 0.3) is 0 Å². The molecule has 0 spiro atoms. The summed E-state index contributed by atoms with van der Waals surface area (Å²) in [4.78, 5) is 0. The Morgan fingerprint density at radius 3 is 1.00 bits per heavy atom. The van der Waals surface area contributed by atoms with Crippen LogP contribution in [-0.2, 0) is 47.4 Å². The van der Waals surface area contributed by atoms with E-state index in [1.165, 1.54) is 32.1 Å². The van der Waals surface area contributed by atoms with E-state index in [1.807, 2.05) is 0 Å². The summed E-state index contributed by atoms with van der Waals surface area (Å²) in [7, 11) is 0. The first-order valence-corrected chi connectivity index (χ1v) is 23.6. The van der Waals surface area contributed by atoms with Gasteiger partial charge in [-0.25, -0.2) is 0 Å². The van der Waals surface area contributed by atoms with Crippen LogP contribution in [0.5, 0.6) is 0 Å². The molecule has 16 N–H and O–H groups in total. The molecule has 0 radical (unpaired) electrons. The van der Waals surface area contributed by atoms with Gasteiger partial charge in [0.25, 0.3) is 0 Å². The standard InChI is InChI=1S/C42H76O26/c1-2-3-4-5-6-7-8-9-10-11-12-59-37-24(49)23(48)18(13-43)61-42(37)68-36-22(17-47)64-41(32(57)28(36)53)67-35-21(16-46)63-40(31(56)27(35)52)66-34-20(15-45)62-39(30(55)26(34)51)65-33-19(14-44)60-38(58)29(54)25(33)50/h18-58H,2-17H2,1H3/t18-,19-,20-,21-,22-,23-,24+,25-,26-,27-,28-,29-,30-,31-,32-,33-,34-,35-,36-,37-,38+,39-,40-,41-,42-/m1/s1. The monoisotopic (exact) mass is 996 g/mol. The number of rotatable bonds is 25. The minimum Gasteiger partial charge on any atom is -0.394 e. The van der Waals surface area contributed by atoms with Crippen molar-refractivity contribution in [2.75, 3.05) is 39.6 Å². The minimum atomic E-state index is -2.11. The molecular weight excluding hydrogens is 920 g/mol. The molecule has 0 aromatic heterocycles. The van der Waals surface area contributed by atoms with Gasteiger partial charge in [0.15, 0.2) is 31.5 Å². The molecule has 400 valence electrons. The lowest BCUT2D eigenvalue weighted by atomic mass is 9.95. The highest BCUT2D eigenvalue weighted by Gasteiger charge is 2.56. The van der Waals surface area contributed by atoms with Gasteiger partial charge in [0, 0.05) is 6.61 Å². The molecule has 0 aromatic rings. The number of aliphatic hydroxyl groups is 16. The predicted molar refractivity (Wildman–Crippen MR) is 222 cm³/mol. The molecule has 26 nitrogen and oxygen atoms in total. The van der Waals surface area contributed by atoms with Crippen molar-refractivity contribution in [3.63, 3.8) is 0 Å². The second-order valence-electron chi connectivity index (χ2n) is 18.0. The molecule has 0 bridgehead atoms. The zero-order valence-corrected chi connectivity index (χ0v) is 38.0. The molecule has 0 aromatic carbocycles. The lowest BCUT2D eigenvalue weighted by Gasteiger charge is -2.49. The van der Waals surface area contributed by atoms with Crippen molar-refractivity contribution in [1.82, 2.24) is 0 Å². The number of aliphatic hydroxyl groups excluding tert-OH is 16. The van der Waals surface area contributed by atoms with E-state index in [2.05, 4.69) is 6.92 Å². The molecule has 0 saturated carbocycles. The molecule has 68 heavy (non-hydrogen) atoms. The molecule has 5 heterocycles. The Hall–Kier alpha value is -1.04. The lowest BCUT2D eigenvalue weighted by molar-refractivity contribution is -0.393. The fourth-order valence-corrected chi connectivity index (χ4v) is 9.01. The van der Waals surface area contributed by atoms with E-state index >= 15 is 0 Å². The van der Waals surface area contributed by atoms with Gasteiger partial charge in [0.1, 0.15) is 122 Å². The average Bonchev–Trinajstić information content (AvgIpc) is 3.33. The Labute approximate surface area is 393 Å². The molecule has 26 heteroatoms. The summed E-state index contributed by atoms with van der Waals surface area (Å²) in [6.07, 6.45) is -33.6. The van der Waals surface area contributed by atoms with E-state index in [0.717, 1.165) is 25.7 Å². The van der Waals surface area contributed by atoms with E-state index in [-0.39, 0.29) is 6.61 Å². The summed E-state index contributed by atoms with van der Waals surface area (Å²) in [5.74, 6) is 0. The van der Waals surface area contributed by atoms with E-state index in [1.54, 1.807) is 0 Å². The number of ether oxygens (including phenoxy) is 10. The Kier molecular flexibility index (Phi) is 23.7. The molecule has 0 unspecified atom stereocenters. The third kappa shape index (κ3) is 14.0. The highest BCUT2D eigenvalue weighted by atomic mass is 16.8. The Balaban J connectivity index is 1.18. The first-order chi connectivity index (χ1) is 32.6. The molecule has 5 aliphatic rings. The highest BCUT2D eigenvalue weighted by molar-refractivity contribution is 4.99. The predicted octanol–water partition coefficient (Wildman–Crippen LogP) is -6.98. The Morgan fingerprint density at radius 2 is 0.618 bits per heavy atom. The van der Waals surface area contributed by atoms with Crippen LogP contribution in [0.1, 0.15) is 71.1 Å². The normalized spacial score (nSPS) is 45.9. The van der Waals surface area contributed by atoms with Crippen LogP contribution in [0.2, 0.25) is 0 Å². The van der Waals surface area contributed by atoms with E-state index in [9.17, 15) is 81.7 Å². The molecule has 5 saturated heterocycles. The smallest absolute Gasteiger partial charge is 0.187 e. The van der Waals surface area contributed by atoms with Gasteiger partial charge < -0.3 is 129 Å². The van der Waals surface area contributed by atoms with Crippen LogP contribution >= 0.6 is 0 Å². The minimum absolute atomic E-state index is 0.127. The second-order valence-corrected chi connectivity index (χ2v) is 18.0. The molecule has 0 aliphatic carbocycles. The molecule has 25 atom stereocenters. The van der Waals surface area contributed by atoms with Gasteiger partial charge in [-0.15, -0.1) is 0 Å². The van der Waals surface area contributed by atoms with Gasteiger partial charge in [-0.3, -0.25) is 0 Å². The van der Waals surface area contributed by atoms with Crippen LogP contribution in [0.15, 0.2) is 0 Å². The topological polar surface area (TPSA) is 416 Å². The van der Waals surface area contributed by atoms with Crippen molar-refractivity contribution < 1.29 is 129 Å². The van der Waals surface area contributed by atoms with Gasteiger partial charge in [-0.1, -0.05) is 64.7 Å². The molecular formula is C42H76O26. The Bertz CT molecular complexity index is 1400. The molecule has 5 rings (SSSR count). The zero-order chi connectivity index (χ0) is 49.8. The summed E-state index contributed by atoms with van der Waals surface area (Å²) in [5, 5.41) is 169. The van der Waals surface area contributed by atoms with Crippen molar-refractivity contribution >= 4 is 0 Å². The van der Waals surface area contributed by atoms with Gasteiger partial charge in [0.05, 0.1) is 33.0 Å². The van der Waals surface area contributed by atoms with Crippen molar-refractivity contribution in [2.24, 2.45) is 0 Å². The van der Waals surface area contributed by atoms with Crippen molar-refractivity contribution in [1.29, 1.82) is 0 Å².